The highest BCUT2D eigenvalue weighted by Gasteiger charge is 2.19. The molecule has 8 heteroatoms. The van der Waals surface area contributed by atoms with Gasteiger partial charge in [0.1, 0.15) is 23.7 Å². The van der Waals surface area contributed by atoms with E-state index in [1.165, 1.54) is 16.9 Å². The highest BCUT2D eigenvalue weighted by molar-refractivity contribution is 7.16. The van der Waals surface area contributed by atoms with E-state index in [0.717, 1.165) is 32.8 Å². The molecule has 4 heterocycles. The molecule has 134 valence electrons. The number of aromatic nitrogens is 6. The van der Waals surface area contributed by atoms with Gasteiger partial charge in [0.15, 0.2) is 5.01 Å². The molecule has 0 atom stereocenters. The molecule has 0 saturated heterocycles. The summed E-state index contributed by atoms with van der Waals surface area (Å²) in [5, 5.41) is 14.1. The van der Waals surface area contributed by atoms with Crippen molar-refractivity contribution in [3.05, 3.63) is 64.9 Å². The van der Waals surface area contributed by atoms with Crippen LogP contribution in [0.25, 0.3) is 22.1 Å². The first kappa shape index (κ1) is 16.0. The fraction of sp³-hybridized carbons (Fsp3) is 0.158. The number of imidazole rings is 1. The van der Waals surface area contributed by atoms with Gasteiger partial charge in [-0.3, -0.25) is 4.40 Å². The summed E-state index contributed by atoms with van der Waals surface area (Å²) in [6, 6.07) is 13.9. The van der Waals surface area contributed by atoms with Crippen LogP contribution in [0, 0.1) is 13.8 Å². The minimum atomic E-state index is 0.392. The van der Waals surface area contributed by atoms with Crippen molar-refractivity contribution >= 4 is 21.9 Å². The third kappa shape index (κ3) is 2.74. The highest BCUT2D eigenvalue weighted by atomic mass is 32.1. The third-order valence-corrected chi connectivity index (χ3v) is 5.20. The molecule has 4 aromatic heterocycles. The molecule has 27 heavy (non-hydrogen) atoms. The molecular formula is C19H16N6OS. The zero-order valence-corrected chi connectivity index (χ0v) is 15.6. The monoisotopic (exact) mass is 376 g/mol. The van der Waals surface area contributed by atoms with E-state index in [1.807, 2.05) is 60.0 Å². The molecule has 5 aromatic rings. The molecule has 0 aliphatic rings. The standard InChI is InChI=1S/C19H16N6OS/c1-12-6-8-14(9-7-12)26-11-16-23-25-18(21-22-19(25)27-16)17-13(2)20-15-5-3-4-10-24(15)17/h3-10H,11H2,1-2H3. The number of fused-ring (bicyclic) bond motifs is 2. The van der Waals surface area contributed by atoms with Crippen LogP contribution in [0.1, 0.15) is 16.3 Å². The normalized spacial score (nSPS) is 11.5. The maximum Gasteiger partial charge on any atom is 0.235 e. The first-order valence-electron chi connectivity index (χ1n) is 8.54. The van der Waals surface area contributed by atoms with Crippen LogP contribution in [0.15, 0.2) is 48.7 Å². The molecule has 7 nitrogen and oxygen atoms in total. The zero-order chi connectivity index (χ0) is 18.4. The van der Waals surface area contributed by atoms with Gasteiger partial charge in [0, 0.05) is 6.20 Å². The van der Waals surface area contributed by atoms with Crippen LogP contribution in [-0.2, 0) is 6.61 Å². The van der Waals surface area contributed by atoms with E-state index in [0.29, 0.717) is 12.4 Å². The van der Waals surface area contributed by atoms with Gasteiger partial charge >= 0.3 is 0 Å². The van der Waals surface area contributed by atoms with Crippen molar-refractivity contribution in [1.29, 1.82) is 0 Å². The van der Waals surface area contributed by atoms with Gasteiger partial charge in [-0.2, -0.15) is 9.61 Å². The van der Waals surface area contributed by atoms with Gasteiger partial charge in [-0.05, 0) is 38.1 Å². The Morgan fingerprint density at radius 3 is 2.74 bits per heavy atom. The van der Waals surface area contributed by atoms with Gasteiger partial charge in [-0.15, -0.1) is 10.2 Å². The van der Waals surface area contributed by atoms with Gasteiger partial charge in [-0.1, -0.05) is 35.1 Å². The quantitative estimate of drug-likeness (QED) is 0.478. The second-order valence-corrected chi connectivity index (χ2v) is 7.33. The van der Waals surface area contributed by atoms with Crippen molar-refractivity contribution in [2.75, 3.05) is 0 Å². The van der Waals surface area contributed by atoms with Crippen LogP contribution in [0.5, 0.6) is 5.75 Å². The molecule has 0 radical (unpaired) electrons. The average molecular weight is 376 g/mol. The molecule has 0 saturated carbocycles. The predicted molar refractivity (Wildman–Crippen MR) is 103 cm³/mol. The molecule has 0 aliphatic heterocycles. The van der Waals surface area contributed by atoms with E-state index in [2.05, 4.69) is 27.2 Å². The molecule has 0 spiro atoms. The van der Waals surface area contributed by atoms with Crippen molar-refractivity contribution < 1.29 is 4.74 Å². The highest BCUT2D eigenvalue weighted by Crippen LogP contribution is 2.26. The molecule has 0 bridgehead atoms. The maximum atomic E-state index is 5.84. The van der Waals surface area contributed by atoms with Crippen LogP contribution in [0.4, 0.5) is 0 Å². The first-order chi connectivity index (χ1) is 13.2. The van der Waals surface area contributed by atoms with Crippen molar-refractivity contribution in [2.45, 2.75) is 20.5 Å². The number of ether oxygens (including phenoxy) is 1. The van der Waals surface area contributed by atoms with E-state index in [-0.39, 0.29) is 0 Å². The summed E-state index contributed by atoms with van der Waals surface area (Å²) in [6.45, 7) is 4.41. The van der Waals surface area contributed by atoms with Gasteiger partial charge in [0.2, 0.25) is 10.8 Å². The summed E-state index contributed by atoms with van der Waals surface area (Å²) in [5.74, 6) is 1.50. The van der Waals surface area contributed by atoms with Crippen LogP contribution in [0.2, 0.25) is 0 Å². The molecular weight excluding hydrogens is 360 g/mol. The molecule has 0 unspecified atom stereocenters. The van der Waals surface area contributed by atoms with Crippen LogP contribution < -0.4 is 4.74 Å². The minimum absolute atomic E-state index is 0.392. The van der Waals surface area contributed by atoms with Crippen LogP contribution in [-0.4, -0.2) is 29.2 Å². The predicted octanol–water partition coefficient (Wildman–Crippen LogP) is 3.70. The summed E-state index contributed by atoms with van der Waals surface area (Å²) in [4.78, 5) is 5.33. The number of nitrogens with zero attached hydrogens (tertiary/aromatic N) is 6. The van der Waals surface area contributed by atoms with E-state index < -0.39 is 0 Å². The van der Waals surface area contributed by atoms with Crippen molar-refractivity contribution in [3.63, 3.8) is 0 Å². The number of pyridine rings is 1. The van der Waals surface area contributed by atoms with E-state index >= 15 is 0 Å². The fourth-order valence-corrected chi connectivity index (χ4v) is 3.77. The van der Waals surface area contributed by atoms with Gasteiger partial charge in [-0.25, -0.2) is 4.98 Å². The summed E-state index contributed by atoms with van der Waals surface area (Å²) in [5.41, 5.74) is 3.87. The lowest BCUT2D eigenvalue weighted by Crippen LogP contribution is -1.99. The molecule has 0 fully saturated rings. The summed E-state index contributed by atoms with van der Waals surface area (Å²) in [7, 11) is 0. The van der Waals surface area contributed by atoms with Gasteiger partial charge in [0.25, 0.3) is 0 Å². The molecule has 1 aromatic carbocycles. The number of hydrogen-bond acceptors (Lipinski definition) is 6. The number of hydrogen-bond donors (Lipinski definition) is 0. The lowest BCUT2D eigenvalue weighted by atomic mass is 10.2. The topological polar surface area (TPSA) is 69.6 Å². The van der Waals surface area contributed by atoms with Crippen molar-refractivity contribution in [3.8, 4) is 17.3 Å². The molecule has 0 aliphatic carbocycles. The number of benzene rings is 1. The van der Waals surface area contributed by atoms with Crippen molar-refractivity contribution in [1.82, 2.24) is 29.2 Å². The molecule has 0 N–H and O–H groups in total. The average Bonchev–Trinajstić information content (AvgIpc) is 3.33. The van der Waals surface area contributed by atoms with Crippen LogP contribution >= 0.6 is 11.3 Å². The summed E-state index contributed by atoms with van der Waals surface area (Å²) >= 11 is 1.47. The fourth-order valence-electron chi connectivity index (χ4n) is 3.03. The minimum Gasteiger partial charge on any atom is -0.486 e. The van der Waals surface area contributed by atoms with Gasteiger partial charge in [0.05, 0.1) is 5.69 Å². The maximum absolute atomic E-state index is 5.84. The van der Waals surface area contributed by atoms with E-state index in [4.69, 9.17) is 4.74 Å². The summed E-state index contributed by atoms with van der Waals surface area (Å²) in [6.07, 6.45) is 1.97. The van der Waals surface area contributed by atoms with Crippen molar-refractivity contribution in [2.24, 2.45) is 0 Å². The second-order valence-electron chi connectivity index (χ2n) is 6.29. The lowest BCUT2D eigenvalue weighted by Gasteiger charge is -2.03. The smallest absolute Gasteiger partial charge is 0.235 e. The Morgan fingerprint density at radius 1 is 1.04 bits per heavy atom. The zero-order valence-electron chi connectivity index (χ0n) is 14.8. The Labute approximate surface area is 158 Å². The number of aryl methyl sites for hydroxylation is 2. The Hall–Kier alpha value is -3.26. The van der Waals surface area contributed by atoms with E-state index in [1.54, 1.807) is 4.52 Å². The van der Waals surface area contributed by atoms with Gasteiger partial charge < -0.3 is 4.74 Å². The molecule has 0 amide bonds. The Balaban J connectivity index is 1.50. The molecule has 5 rings (SSSR count). The lowest BCUT2D eigenvalue weighted by molar-refractivity contribution is 0.304. The Morgan fingerprint density at radius 2 is 1.89 bits per heavy atom. The SMILES string of the molecule is Cc1ccc(OCc2nn3c(-c4c(C)nc5ccccn45)nnc3s2)cc1. The number of rotatable bonds is 4. The first-order valence-corrected chi connectivity index (χ1v) is 9.35. The van der Waals surface area contributed by atoms with Crippen LogP contribution in [0.3, 0.4) is 0 Å². The Kier molecular flexibility index (Phi) is 3.64. The third-order valence-electron chi connectivity index (χ3n) is 4.33. The summed E-state index contributed by atoms with van der Waals surface area (Å²) < 4.78 is 9.61. The van der Waals surface area contributed by atoms with E-state index in [9.17, 15) is 0 Å². The largest absolute Gasteiger partial charge is 0.486 e. The Bertz CT molecular complexity index is 1250. The second kappa shape index (κ2) is 6.17.